The second kappa shape index (κ2) is 6.18. The van der Waals surface area contributed by atoms with Crippen LogP contribution in [0.3, 0.4) is 0 Å². The van der Waals surface area contributed by atoms with Gasteiger partial charge in [-0.05, 0) is 30.5 Å². The first-order valence-electron chi connectivity index (χ1n) is 5.35. The Morgan fingerprint density at radius 3 is 2.61 bits per heavy atom. The van der Waals surface area contributed by atoms with Crippen LogP contribution in [-0.4, -0.2) is 23.3 Å². The molecule has 0 heterocycles. The summed E-state index contributed by atoms with van der Waals surface area (Å²) in [5.74, 6) is -1.24. The Labute approximate surface area is 103 Å². The minimum absolute atomic E-state index is 0.0827. The second-order valence-electron chi connectivity index (χ2n) is 3.77. The summed E-state index contributed by atoms with van der Waals surface area (Å²) < 4.78 is 30.2. The van der Waals surface area contributed by atoms with E-state index in [9.17, 15) is 18.7 Å². The number of phenols is 1. The molecule has 0 fully saturated rings. The summed E-state index contributed by atoms with van der Waals surface area (Å²) in [5.41, 5.74) is -0.231. The van der Waals surface area contributed by atoms with Crippen molar-refractivity contribution >= 4 is 5.97 Å². The molecule has 0 aliphatic carbocycles. The van der Waals surface area contributed by atoms with Crippen molar-refractivity contribution in [1.82, 2.24) is 0 Å². The number of aromatic hydroxyl groups is 1. The largest absolute Gasteiger partial charge is 0.507 e. The Balaban J connectivity index is 2.95. The molecule has 1 rings (SSSR count). The number of benzene rings is 1. The highest BCUT2D eigenvalue weighted by Gasteiger charge is 2.18. The molecule has 2 N–H and O–H groups in total. The second-order valence-corrected chi connectivity index (χ2v) is 3.77. The van der Waals surface area contributed by atoms with E-state index in [1.54, 1.807) is 0 Å². The van der Waals surface area contributed by atoms with Crippen molar-refractivity contribution in [2.75, 3.05) is 7.11 Å². The van der Waals surface area contributed by atoms with Crippen molar-refractivity contribution in [3.8, 4) is 11.5 Å². The molecule has 0 saturated carbocycles. The van der Waals surface area contributed by atoms with E-state index in [4.69, 9.17) is 9.84 Å². The van der Waals surface area contributed by atoms with Crippen molar-refractivity contribution in [2.45, 2.75) is 25.7 Å². The fraction of sp³-hybridized carbons (Fsp3) is 0.417. The minimum atomic E-state index is -2.81. The number of alkyl halides is 2. The topological polar surface area (TPSA) is 66.8 Å². The van der Waals surface area contributed by atoms with E-state index >= 15 is 0 Å². The van der Waals surface area contributed by atoms with Crippen LogP contribution in [-0.2, 0) is 11.2 Å². The van der Waals surface area contributed by atoms with Gasteiger partial charge in [0, 0.05) is 6.42 Å². The summed E-state index contributed by atoms with van der Waals surface area (Å²) in [6.07, 6.45) is -2.42. The van der Waals surface area contributed by atoms with E-state index in [1.807, 2.05) is 0 Å². The number of phenolic OH excluding ortho intramolecular Hbond substituents is 1. The Kier molecular flexibility index (Phi) is 4.88. The van der Waals surface area contributed by atoms with Crippen molar-refractivity contribution in [1.29, 1.82) is 0 Å². The van der Waals surface area contributed by atoms with Gasteiger partial charge in [-0.3, -0.25) is 4.79 Å². The molecular weight excluding hydrogens is 246 g/mol. The third-order valence-corrected chi connectivity index (χ3v) is 2.50. The summed E-state index contributed by atoms with van der Waals surface area (Å²) >= 11 is 0. The molecule has 100 valence electrons. The summed E-state index contributed by atoms with van der Waals surface area (Å²) in [4.78, 5) is 10.4. The number of methoxy groups -OCH3 is 1. The van der Waals surface area contributed by atoms with Crippen molar-refractivity contribution in [3.05, 3.63) is 23.3 Å². The van der Waals surface area contributed by atoms with Crippen LogP contribution < -0.4 is 4.74 Å². The molecule has 0 amide bonds. The molecule has 0 saturated heterocycles. The highest BCUT2D eigenvalue weighted by atomic mass is 19.3. The number of hydrogen-bond acceptors (Lipinski definition) is 3. The molecule has 0 aliphatic heterocycles. The molecule has 6 heteroatoms. The molecule has 0 aromatic heterocycles. The zero-order valence-electron chi connectivity index (χ0n) is 9.82. The number of carboxylic acids is 1. The van der Waals surface area contributed by atoms with Gasteiger partial charge < -0.3 is 14.9 Å². The van der Waals surface area contributed by atoms with Crippen LogP contribution in [0.25, 0.3) is 0 Å². The average Bonchev–Trinajstić information content (AvgIpc) is 2.30. The van der Waals surface area contributed by atoms with Gasteiger partial charge in [0.05, 0.1) is 12.7 Å². The van der Waals surface area contributed by atoms with Gasteiger partial charge in [-0.1, -0.05) is 0 Å². The van der Waals surface area contributed by atoms with Crippen molar-refractivity contribution < 1.29 is 28.5 Å². The number of rotatable bonds is 6. The number of halogens is 2. The molecule has 0 radical (unpaired) electrons. The molecule has 0 unspecified atom stereocenters. The molecule has 1 aromatic carbocycles. The molecule has 0 bridgehead atoms. The number of carboxylic acid groups (broad SMARTS) is 1. The zero-order chi connectivity index (χ0) is 13.7. The Bertz CT molecular complexity index is 432. The number of hydrogen-bond donors (Lipinski definition) is 2. The van der Waals surface area contributed by atoms with Crippen LogP contribution in [0.4, 0.5) is 8.78 Å². The summed E-state index contributed by atoms with van der Waals surface area (Å²) in [7, 11) is 1.34. The van der Waals surface area contributed by atoms with Crippen LogP contribution >= 0.6 is 0 Å². The average molecular weight is 260 g/mol. The molecule has 0 atom stereocenters. The van der Waals surface area contributed by atoms with E-state index in [0.29, 0.717) is 0 Å². The maximum atomic E-state index is 12.7. The highest BCUT2D eigenvalue weighted by molar-refractivity contribution is 5.66. The molecular formula is C12H14F2O4. The van der Waals surface area contributed by atoms with Gasteiger partial charge in [-0.2, -0.15) is 0 Å². The minimum Gasteiger partial charge on any atom is -0.507 e. The Morgan fingerprint density at radius 2 is 2.11 bits per heavy atom. The lowest BCUT2D eigenvalue weighted by molar-refractivity contribution is -0.137. The maximum Gasteiger partial charge on any atom is 0.303 e. The zero-order valence-corrected chi connectivity index (χ0v) is 9.82. The Morgan fingerprint density at radius 1 is 1.44 bits per heavy atom. The quantitative estimate of drug-likeness (QED) is 0.825. The van der Waals surface area contributed by atoms with E-state index in [1.165, 1.54) is 13.2 Å². The summed E-state index contributed by atoms with van der Waals surface area (Å²) in [6, 6.07) is 2.50. The first kappa shape index (κ1) is 14.2. The van der Waals surface area contributed by atoms with E-state index in [2.05, 4.69) is 0 Å². The fourth-order valence-corrected chi connectivity index (χ4v) is 1.59. The number of carbonyl (C=O) groups is 1. The van der Waals surface area contributed by atoms with Crippen molar-refractivity contribution in [2.24, 2.45) is 0 Å². The monoisotopic (exact) mass is 260 g/mol. The predicted octanol–water partition coefficient (Wildman–Crippen LogP) is 2.75. The number of aryl methyl sites for hydroxylation is 1. The van der Waals surface area contributed by atoms with Crippen LogP contribution in [0.2, 0.25) is 0 Å². The molecule has 4 nitrogen and oxygen atoms in total. The van der Waals surface area contributed by atoms with Gasteiger partial charge in [0.2, 0.25) is 0 Å². The molecule has 1 aromatic rings. The Hall–Kier alpha value is -1.85. The first-order valence-corrected chi connectivity index (χ1v) is 5.35. The van der Waals surface area contributed by atoms with Crippen LogP contribution in [0.15, 0.2) is 12.1 Å². The van der Waals surface area contributed by atoms with E-state index in [-0.39, 0.29) is 30.6 Å². The fourth-order valence-electron chi connectivity index (χ4n) is 1.59. The smallest absolute Gasteiger partial charge is 0.303 e. The summed E-state index contributed by atoms with van der Waals surface area (Å²) in [5, 5.41) is 18.2. The van der Waals surface area contributed by atoms with Gasteiger partial charge >= 0.3 is 5.97 Å². The van der Waals surface area contributed by atoms with Gasteiger partial charge in [0.1, 0.15) is 11.5 Å². The lowest BCUT2D eigenvalue weighted by atomic mass is 10.0. The third-order valence-electron chi connectivity index (χ3n) is 2.50. The van der Waals surface area contributed by atoms with Gasteiger partial charge in [-0.25, -0.2) is 8.78 Å². The predicted molar refractivity (Wildman–Crippen MR) is 60.2 cm³/mol. The van der Waals surface area contributed by atoms with Crippen LogP contribution in [0, 0.1) is 0 Å². The maximum absolute atomic E-state index is 12.7. The first-order chi connectivity index (χ1) is 8.45. The van der Waals surface area contributed by atoms with Gasteiger partial charge in [0.15, 0.2) is 0 Å². The van der Waals surface area contributed by atoms with Crippen molar-refractivity contribution in [3.63, 3.8) is 0 Å². The standard InChI is InChI=1S/C12H14F2O4/c1-18-8-5-7(3-2-4-10(15)16)11(17)9(6-8)12(13)14/h5-6,12,17H,2-4H2,1H3,(H,15,16). The molecule has 18 heavy (non-hydrogen) atoms. The van der Waals surface area contributed by atoms with E-state index in [0.717, 1.165) is 6.07 Å². The van der Waals surface area contributed by atoms with Gasteiger partial charge in [0.25, 0.3) is 6.43 Å². The normalized spacial score (nSPS) is 10.7. The summed E-state index contributed by atoms with van der Waals surface area (Å²) in [6.45, 7) is 0. The van der Waals surface area contributed by atoms with E-state index < -0.39 is 23.7 Å². The van der Waals surface area contributed by atoms with Gasteiger partial charge in [-0.15, -0.1) is 0 Å². The van der Waals surface area contributed by atoms with Crippen LogP contribution in [0.1, 0.15) is 30.4 Å². The lowest BCUT2D eigenvalue weighted by Gasteiger charge is -2.11. The van der Waals surface area contributed by atoms with Crippen LogP contribution in [0.5, 0.6) is 11.5 Å². The highest BCUT2D eigenvalue weighted by Crippen LogP contribution is 2.35. The number of aliphatic carboxylic acids is 1. The third kappa shape index (κ3) is 3.58. The molecule has 0 aliphatic rings. The number of ether oxygens (including phenoxy) is 1. The molecule has 0 spiro atoms. The SMILES string of the molecule is COc1cc(CCCC(=O)O)c(O)c(C(F)F)c1. The lowest BCUT2D eigenvalue weighted by Crippen LogP contribution is -1.98.